The van der Waals surface area contributed by atoms with Gasteiger partial charge in [-0.2, -0.15) is 0 Å². The molecule has 152 valence electrons. The van der Waals surface area contributed by atoms with E-state index in [0.717, 1.165) is 50.9 Å². The molecule has 1 fully saturated rings. The number of hydrogen-bond donors (Lipinski definition) is 2. The Kier molecular flexibility index (Phi) is 11.3. The first-order valence-electron chi connectivity index (χ1n) is 9.15. The van der Waals surface area contributed by atoms with Crippen molar-refractivity contribution in [1.29, 1.82) is 0 Å². The normalized spacial score (nSPS) is 16.2. The number of halogens is 1. The van der Waals surface area contributed by atoms with Crippen molar-refractivity contribution in [3.63, 3.8) is 0 Å². The molecular formula is C19H31IN4O3. The minimum Gasteiger partial charge on any atom is -0.465 e. The molecule has 1 aliphatic rings. The molecule has 1 aliphatic heterocycles. The number of hydrogen-bond acceptors (Lipinski definition) is 5. The first kappa shape index (κ1) is 23.6. The van der Waals surface area contributed by atoms with Crippen LogP contribution < -0.4 is 10.6 Å². The topological polar surface area (TPSA) is 75.2 Å². The van der Waals surface area contributed by atoms with Gasteiger partial charge in [0.05, 0.1) is 32.4 Å². The van der Waals surface area contributed by atoms with Crippen LogP contribution in [0.1, 0.15) is 29.8 Å². The molecule has 1 saturated heterocycles. The van der Waals surface area contributed by atoms with Crippen molar-refractivity contribution in [1.82, 2.24) is 15.5 Å². The van der Waals surface area contributed by atoms with Crippen molar-refractivity contribution in [2.24, 2.45) is 4.99 Å². The molecule has 0 radical (unpaired) electrons. The third-order valence-electron chi connectivity index (χ3n) is 4.37. The van der Waals surface area contributed by atoms with Gasteiger partial charge < -0.3 is 20.1 Å². The summed E-state index contributed by atoms with van der Waals surface area (Å²) in [5.74, 6) is 0.469. The number of carbonyl (C=O) groups is 1. The van der Waals surface area contributed by atoms with Crippen LogP contribution in [0.3, 0.4) is 0 Å². The fourth-order valence-corrected chi connectivity index (χ4v) is 2.77. The Morgan fingerprint density at radius 3 is 2.52 bits per heavy atom. The van der Waals surface area contributed by atoms with Crippen molar-refractivity contribution in [3.8, 4) is 0 Å². The zero-order valence-corrected chi connectivity index (χ0v) is 18.7. The van der Waals surface area contributed by atoms with Gasteiger partial charge in [-0.1, -0.05) is 12.1 Å². The molecule has 1 atom stereocenters. The van der Waals surface area contributed by atoms with Crippen molar-refractivity contribution in [2.45, 2.75) is 26.4 Å². The number of morpholine rings is 1. The number of rotatable bonds is 7. The molecule has 7 nitrogen and oxygen atoms in total. The predicted molar refractivity (Wildman–Crippen MR) is 118 cm³/mol. The highest BCUT2D eigenvalue weighted by Crippen LogP contribution is 2.07. The SMILES string of the molecule is CCNC(=NCc1ccc(C(=O)OC)cc1)NCC(C)N1CCOCC1.I. The van der Waals surface area contributed by atoms with Gasteiger partial charge in [-0.05, 0) is 31.5 Å². The largest absolute Gasteiger partial charge is 0.465 e. The third-order valence-corrected chi connectivity index (χ3v) is 4.37. The second-order valence-corrected chi connectivity index (χ2v) is 6.26. The summed E-state index contributed by atoms with van der Waals surface area (Å²) in [7, 11) is 1.38. The Bertz CT molecular complexity index is 589. The Hall–Kier alpha value is -1.39. The standard InChI is InChI=1S/C19H30N4O3.HI/c1-4-20-19(21-13-15(2)23-9-11-26-12-10-23)22-14-16-5-7-17(8-6-16)18(24)25-3;/h5-8,15H,4,9-14H2,1-3H3,(H2,20,21,22);1H. The second kappa shape index (κ2) is 12.9. The second-order valence-electron chi connectivity index (χ2n) is 6.26. The van der Waals surface area contributed by atoms with E-state index in [9.17, 15) is 4.79 Å². The van der Waals surface area contributed by atoms with Gasteiger partial charge in [0, 0.05) is 32.2 Å². The zero-order valence-electron chi connectivity index (χ0n) is 16.4. The van der Waals surface area contributed by atoms with E-state index >= 15 is 0 Å². The van der Waals surface area contributed by atoms with Gasteiger partial charge in [0.1, 0.15) is 0 Å². The van der Waals surface area contributed by atoms with Crippen LogP contribution in [-0.2, 0) is 16.0 Å². The lowest BCUT2D eigenvalue weighted by molar-refractivity contribution is 0.0211. The van der Waals surface area contributed by atoms with Crippen molar-refractivity contribution >= 4 is 35.9 Å². The molecule has 27 heavy (non-hydrogen) atoms. The number of ether oxygens (including phenoxy) is 2. The number of carbonyl (C=O) groups excluding carboxylic acids is 1. The Labute approximate surface area is 178 Å². The third kappa shape index (κ3) is 8.02. The maximum Gasteiger partial charge on any atom is 0.337 e. The molecule has 0 amide bonds. The predicted octanol–water partition coefficient (Wildman–Crippen LogP) is 1.87. The fraction of sp³-hybridized carbons (Fsp3) is 0.579. The summed E-state index contributed by atoms with van der Waals surface area (Å²) in [6.07, 6.45) is 0. The molecule has 0 bridgehead atoms. The van der Waals surface area contributed by atoms with Crippen LogP contribution in [0.25, 0.3) is 0 Å². The van der Waals surface area contributed by atoms with Crippen LogP contribution in [-0.4, -0.2) is 69.4 Å². The molecule has 8 heteroatoms. The molecule has 1 aromatic rings. The van der Waals surface area contributed by atoms with Gasteiger partial charge in [-0.25, -0.2) is 9.79 Å². The van der Waals surface area contributed by atoms with Crippen LogP contribution >= 0.6 is 24.0 Å². The number of benzene rings is 1. The van der Waals surface area contributed by atoms with Gasteiger partial charge in [0.15, 0.2) is 5.96 Å². The molecule has 2 N–H and O–H groups in total. The summed E-state index contributed by atoms with van der Waals surface area (Å²) in [6.45, 7) is 10.0. The molecule has 0 aliphatic carbocycles. The highest BCUT2D eigenvalue weighted by molar-refractivity contribution is 14.0. The van der Waals surface area contributed by atoms with E-state index in [1.165, 1.54) is 7.11 Å². The quantitative estimate of drug-likeness (QED) is 0.263. The first-order valence-corrected chi connectivity index (χ1v) is 9.15. The average Bonchev–Trinajstić information content (AvgIpc) is 2.70. The molecule has 2 rings (SSSR count). The summed E-state index contributed by atoms with van der Waals surface area (Å²) in [5, 5.41) is 6.68. The van der Waals surface area contributed by atoms with Gasteiger partial charge in [-0.3, -0.25) is 4.90 Å². The highest BCUT2D eigenvalue weighted by atomic mass is 127. The van der Waals surface area contributed by atoms with Crippen LogP contribution in [0.5, 0.6) is 0 Å². The van der Waals surface area contributed by atoms with E-state index in [-0.39, 0.29) is 29.9 Å². The lowest BCUT2D eigenvalue weighted by atomic mass is 10.1. The molecule has 0 spiro atoms. The molecule has 1 aromatic carbocycles. The smallest absolute Gasteiger partial charge is 0.337 e. The summed E-state index contributed by atoms with van der Waals surface area (Å²) < 4.78 is 10.1. The first-order chi connectivity index (χ1) is 12.6. The van der Waals surface area contributed by atoms with Gasteiger partial charge in [-0.15, -0.1) is 24.0 Å². The van der Waals surface area contributed by atoms with Crippen molar-refractivity contribution in [3.05, 3.63) is 35.4 Å². The number of guanidine groups is 1. The summed E-state index contributed by atoms with van der Waals surface area (Å²) in [6, 6.07) is 7.74. The van der Waals surface area contributed by atoms with Crippen LogP contribution in [0.2, 0.25) is 0 Å². The minimum absolute atomic E-state index is 0. The van der Waals surface area contributed by atoms with E-state index in [2.05, 4.69) is 27.4 Å². The summed E-state index contributed by atoms with van der Waals surface area (Å²) in [5.41, 5.74) is 1.58. The highest BCUT2D eigenvalue weighted by Gasteiger charge is 2.17. The number of methoxy groups -OCH3 is 1. The number of nitrogens with one attached hydrogen (secondary N) is 2. The maximum atomic E-state index is 11.5. The molecular weight excluding hydrogens is 459 g/mol. The van der Waals surface area contributed by atoms with Crippen molar-refractivity contribution < 1.29 is 14.3 Å². The number of nitrogens with zero attached hydrogens (tertiary/aromatic N) is 2. The van der Waals surface area contributed by atoms with E-state index < -0.39 is 0 Å². The zero-order chi connectivity index (χ0) is 18.8. The molecule has 0 saturated carbocycles. The average molecular weight is 490 g/mol. The van der Waals surface area contributed by atoms with Gasteiger partial charge in [0.2, 0.25) is 0 Å². The fourth-order valence-electron chi connectivity index (χ4n) is 2.77. The van der Waals surface area contributed by atoms with Crippen molar-refractivity contribution in [2.75, 3.05) is 46.5 Å². The van der Waals surface area contributed by atoms with E-state index in [1.807, 2.05) is 19.1 Å². The molecule has 1 heterocycles. The Morgan fingerprint density at radius 1 is 1.26 bits per heavy atom. The molecule has 1 unspecified atom stereocenters. The van der Waals surface area contributed by atoms with Gasteiger partial charge >= 0.3 is 5.97 Å². The lowest BCUT2D eigenvalue weighted by Gasteiger charge is -2.32. The minimum atomic E-state index is -0.327. The van der Waals surface area contributed by atoms with Crippen LogP contribution in [0.15, 0.2) is 29.3 Å². The van der Waals surface area contributed by atoms with Crippen LogP contribution in [0.4, 0.5) is 0 Å². The number of aliphatic imine (C=N–C) groups is 1. The summed E-state index contributed by atoms with van der Waals surface area (Å²) >= 11 is 0. The Morgan fingerprint density at radius 2 is 1.93 bits per heavy atom. The van der Waals surface area contributed by atoms with E-state index in [0.29, 0.717) is 18.2 Å². The number of esters is 1. The monoisotopic (exact) mass is 490 g/mol. The van der Waals surface area contributed by atoms with Gasteiger partial charge in [0.25, 0.3) is 0 Å². The lowest BCUT2D eigenvalue weighted by Crippen LogP contribution is -2.49. The van der Waals surface area contributed by atoms with E-state index in [1.54, 1.807) is 12.1 Å². The maximum absolute atomic E-state index is 11.5. The summed E-state index contributed by atoms with van der Waals surface area (Å²) in [4.78, 5) is 18.5. The Balaban J connectivity index is 0.00000364. The van der Waals surface area contributed by atoms with E-state index in [4.69, 9.17) is 9.47 Å². The van der Waals surface area contributed by atoms with Crippen LogP contribution in [0, 0.1) is 0 Å². The molecule has 0 aromatic heterocycles.